The monoisotopic (exact) mass is 423 g/mol. The number of rotatable bonds is 7. The van der Waals surface area contributed by atoms with E-state index in [0.717, 1.165) is 28.0 Å². The Balaban J connectivity index is 1.36. The van der Waals surface area contributed by atoms with Crippen LogP contribution >= 0.6 is 23.1 Å². The normalized spacial score (nSPS) is 10.7. The third kappa shape index (κ3) is 4.64. The number of pyridine rings is 1. The quantitative estimate of drug-likeness (QED) is 0.421. The molecule has 0 saturated heterocycles. The van der Waals surface area contributed by atoms with Gasteiger partial charge in [0.1, 0.15) is 5.75 Å². The second-order valence-corrected chi connectivity index (χ2v) is 8.11. The molecule has 2 heterocycles. The predicted molar refractivity (Wildman–Crippen MR) is 117 cm³/mol. The fourth-order valence-electron chi connectivity index (χ4n) is 2.71. The molecule has 0 atom stereocenters. The molecule has 0 aliphatic heterocycles. The van der Waals surface area contributed by atoms with Crippen LogP contribution in [-0.2, 0) is 4.79 Å². The maximum atomic E-state index is 12.4. The summed E-state index contributed by atoms with van der Waals surface area (Å²) in [6.45, 7) is 0. The molecule has 0 aliphatic carbocycles. The van der Waals surface area contributed by atoms with Gasteiger partial charge in [-0.2, -0.15) is 0 Å². The molecule has 0 bridgehead atoms. The van der Waals surface area contributed by atoms with Gasteiger partial charge in [-0.1, -0.05) is 41.3 Å². The summed E-state index contributed by atoms with van der Waals surface area (Å²) in [5.74, 6) is 0.849. The van der Waals surface area contributed by atoms with Gasteiger partial charge in [0.25, 0.3) is 0 Å². The standard InChI is InChI=1S/C20H17N5O2S2/c1-27-17-10-3-2-7-16(17)23-19-24-25-20(29-19)28-12-18(26)22-15-9-4-8-14-13(15)6-5-11-21-14/h2-11H,12H2,1H3,(H,22,26)(H,23,24). The number of benzene rings is 2. The van der Waals surface area contributed by atoms with Gasteiger partial charge in [0, 0.05) is 11.6 Å². The molecule has 0 fully saturated rings. The van der Waals surface area contributed by atoms with Crippen molar-refractivity contribution in [1.82, 2.24) is 15.2 Å². The van der Waals surface area contributed by atoms with Gasteiger partial charge in [0.05, 0.1) is 29.8 Å². The van der Waals surface area contributed by atoms with Crippen molar-refractivity contribution in [3.05, 3.63) is 60.8 Å². The Bertz CT molecular complexity index is 1140. The van der Waals surface area contributed by atoms with Crippen molar-refractivity contribution in [3.63, 3.8) is 0 Å². The second-order valence-electron chi connectivity index (χ2n) is 5.91. The Morgan fingerprint density at radius 1 is 1.07 bits per heavy atom. The molecule has 9 heteroatoms. The zero-order chi connectivity index (χ0) is 20.1. The van der Waals surface area contributed by atoms with Crippen LogP contribution in [-0.4, -0.2) is 34.0 Å². The molecule has 0 unspecified atom stereocenters. The highest BCUT2D eigenvalue weighted by Gasteiger charge is 2.11. The molecule has 7 nitrogen and oxygen atoms in total. The average molecular weight is 424 g/mol. The second kappa shape index (κ2) is 8.89. The third-order valence-electron chi connectivity index (χ3n) is 4.00. The SMILES string of the molecule is COc1ccccc1Nc1nnc(SCC(=O)Nc2cccc3ncccc23)s1. The summed E-state index contributed by atoms with van der Waals surface area (Å²) in [4.78, 5) is 16.7. The van der Waals surface area contributed by atoms with Crippen molar-refractivity contribution in [2.24, 2.45) is 0 Å². The topological polar surface area (TPSA) is 89.0 Å². The maximum Gasteiger partial charge on any atom is 0.234 e. The van der Waals surface area contributed by atoms with E-state index in [0.29, 0.717) is 9.47 Å². The predicted octanol–water partition coefficient (Wildman–Crippen LogP) is 4.57. The van der Waals surface area contributed by atoms with E-state index in [1.165, 1.54) is 23.1 Å². The van der Waals surface area contributed by atoms with Crippen LogP contribution in [0.1, 0.15) is 0 Å². The van der Waals surface area contributed by atoms with E-state index in [2.05, 4.69) is 25.8 Å². The fourth-order valence-corrected chi connectivity index (χ4v) is 4.27. The van der Waals surface area contributed by atoms with Gasteiger partial charge in [-0.25, -0.2) is 0 Å². The Morgan fingerprint density at radius 2 is 1.93 bits per heavy atom. The van der Waals surface area contributed by atoms with Gasteiger partial charge in [-0.3, -0.25) is 9.78 Å². The van der Waals surface area contributed by atoms with Crippen molar-refractivity contribution in [3.8, 4) is 5.75 Å². The smallest absolute Gasteiger partial charge is 0.234 e. The summed E-state index contributed by atoms with van der Waals surface area (Å²) in [7, 11) is 1.62. The number of fused-ring (bicyclic) bond motifs is 1. The molecular formula is C20H17N5O2S2. The van der Waals surface area contributed by atoms with Crippen LogP contribution in [0.5, 0.6) is 5.75 Å². The maximum absolute atomic E-state index is 12.4. The number of methoxy groups -OCH3 is 1. The molecule has 2 aromatic heterocycles. The third-order valence-corrected chi connectivity index (χ3v) is 5.97. The van der Waals surface area contributed by atoms with E-state index in [1.807, 2.05) is 54.6 Å². The molecule has 1 amide bonds. The zero-order valence-electron chi connectivity index (χ0n) is 15.5. The summed E-state index contributed by atoms with van der Waals surface area (Å²) in [6, 6.07) is 17.0. The molecule has 0 saturated carbocycles. The fraction of sp³-hybridized carbons (Fsp3) is 0.100. The Labute approximate surface area is 175 Å². The number of hydrogen-bond donors (Lipinski definition) is 2. The molecule has 2 aromatic carbocycles. The van der Waals surface area contributed by atoms with Gasteiger partial charge in [-0.05, 0) is 36.4 Å². The van der Waals surface area contributed by atoms with Crippen molar-refractivity contribution in [2.45, 2.75) is 4.34 Å². The first kappa shape index (κ1) is 19.2. The van der Waals surface area contributed by atoms with E-state index in [-0.39, 0.29) is 11.7 Å². The lowest BCUT2D eigenvalue weighted by molar-refractivity contribution is -0.113. The highest BCUT2D eigenvalue weighted by atomic mass is 32.2. The van der Waals surface area contributed by atoms with Gasteiger partial charge < -0.3 is 15.4 Å². The summed E-state index contributed by atoms with van der Waals surface area (Å²) < 4.78 is 6.03. The number of nitrogens with zero attached hydrogens (tertiary/aromatic N) is 3. The van der Waals surface area contributed by atoms with Crippen LogP contribution in [0.4, 0.5) is 16.5 Å². The highest BCUT2D eigenvalue weighted by molar-refractivity contribution is 8.01. The minimum atomic E-state index is -0.110. The molecule has 2 N–H and O–H groups in total. The van der Waals surface area contributed by atoms with Gasteiger partial charge in [0.15, 0.2) is 4.34 Å². The number of ether oxygens (including phenoxy) is 1. The van der Waals surface area contributed by atoms with E-state index < -0.39 is 0 Å². The number of hydrogen-bond acceptors (Lipinski definition) is 8. The van der Waals surface area contributed by atoms with Crippen molar-refractivity contribution in [1.29, 1.82) is 0 Å². The number of aromatic nitrogens is 3. The zero-order valence-corrected chi connectivity index (χ0v) is 17.1. The number of thioether (sulfide) groups is 1. The highest BCUT2D eigenvalue weighted by Crippen LogP contribution is 2.31. The van der Waals surface area contributed by atoms with Gasteiger partial charge >= 0.3 is 0 Å². The first-order valence-corrected chi connectivity index (χ1v) is 10.5. The average Bonchev–Trinajstić information content (AvgIpc) is 3.20. The van der Waals surface area contributed by atoms with Crippen LogP contribution < -0.4 is 15.4 Å². The van der Waals surface area contributed by atoms with Crippen LogP contribution in [0, 0.1) is 0 Å². The van der Waals surface area contributed by atoms with E-state index in [9.17, 15) is 4.79 Å². The minimum Gasteiger partial charge on any atom is -0.495 e. The van der Waals surface area contributed by atoms with Crippen molar-refractivity contribution >= 4 is 56.4 Å². The number of amides is 1. The summed E-state index contributed by atoms with van der Waals surface area (Å²) >= 11 is 2.72. The summed E-state index contributed by atoms with van der Waals surface area (Å²) in [6.07, 6.45) is 1.73. The molecule has 0 spiro atoms. The van der Waals surface area contributed by atoms with Crippen LogP contribution in [0.25, 0.3) is 10.9 Å². The number of carbonyl (C=O) groups is 1. The van der Waals surface area contributed by atoms with Gasteiger partial charge in [-0.15, -0.1) is 10.2 Å². The minimum absolute atomic E-state index is 0.110. The molecule has 146 valence electrons. The number of nitrogens with one attached hydrogen (secondary N) is 2. The molecule has 0 aliphatic rings. The van der Waals surface area contributed by atoms with Crippen LogP contribution in [0.2, 0.25) is 0 Å². The van der Waals surface area contributed by atoms with E-state index in [1.54, 1.807) is 13.3 Å². The first-order chi connectivity index (χ1) is 14.2. The molecule has 4 rings (SSSR count). The lowest BCUT2D eigenvalue weighted by atomic mass is 10.2. The van der Waals surface area contributed by atoms with E-state index >= 15 is 0 Å². The number of para-hydroxylation sites is 2. The number of anilines is 3. The summed E-state index contributed by atoms with van der Waals surface area (Å²) in [5.41, 5.74) is 2.40. The molecule has 4 aromatic rings. The Hall–Kier alpha value is -3.17. The van der Waals surface area contributed by atoms with Crippen molar-refractivity contribution in [2.75, 3.05) is 23.5 Å². The summed E-state index contributed by atoms with van der Waals surface area (Å²) in [5, 5.41) is 15.9. The Kier molecular flexibility index (Phi) is 5.87. The molecule has 29 heavy (non-hydrogen) atoms. The lowest BCUT2D eigenvalue weighted by Gasteiger charge is -2.07. The van der Waals surface area contributed by atoms with Crippen LogP contribution in [0.3, 0.4) is 0 Å². The lowest BCUT2D eigenvalue weighted by Crippen LogP contribution is -2.14. The van der Waals surface area contributed by atoms with E-state index in [4.69, 9.17) is 4.74 Å². The Morgan fingerprint density at radius 3 is 2.83 bits per heavy atom. The molecular weight excluding hydrogens is 406 g/mol. The van der Waals surface area contributed by atoms with Gasteiger partial charge in [0.2, 0.25) is 11.0 Å². The first-order valence-electron chi connectivity index (χ1n) is 8.73. The van der Waals surface area contributed by atoms with Crippen LogP contribution in [0.15, 0.2) is 65.1 Å². The van der Waals surface area contributed by atoms with Crippen molar-refractivity contribution < 1.29 is 9.53 Å². The number of carbonyl (C=O) groups excluding carboxylic acids is 1. The largest absolute Gasteiger partial charge is 0.495 e. The molecule has 0 radical (unpaired) electrons.